The highest BCUT2D eigenvalue weighted by Crippen LogP contribution is 2.25. The van der Waals surface area contributed by atoms with Gasteiger partial charge >= 0.3 is 0 Å². The molecule has 27 heavy (non-hydrogen) atoms. The predicted molar refractivity (Wildman–Crippen MR) is 96.9 cm³/mol. The standard InChI is InChI=1S/C19H19F2N3O3/c1-11(25)22-16(13-6-4-3-5-7-13)10-19(27)24-18-9-17(23-12(2)26)14(20)8-15(18)21/h3-9,16H,10H2,1-2H3,(H,22,25)(H,23,26)(H,24,27). The maximum Gasteiger partial charge on any atom is 0.226 e. The van der Waals surface area contributed by atoms with Crippen molar-refractivity contribution in [2.45, 2.75) is 26.3 Å². The average molecular weight is 375 g/mol. The third kappa shape index (κ3) is 5.88. The lowest BCUT2D eigenvalue weighted by Gasteiger charge is -2.18. The Morgan fingerprint density at radius 3 is 2.04 bits per heavy atom. The Morgan fingerprint density at radius 2 is 1.48 bits per heavy atom. The van der Waals surface area contributed by atoms with Gasteiger partial charge in [-0.1, -0.05) is 30.3 Å². The number of carbonyl (C=O) groups is 3. The molecular formula is C19H19F2N3O3. The SMILES string of the molecule is CC(=O)Nc1cc(NC(=O)CC(NC(C)=O)c2ccccc2)c(F)cc1F. The van der Waals surface area contributed by atoms with Crippen LogP contribution < -0.4 is 16.0 Å². The van der Waals surface area contributed by atoms with E-state index in [0.29, 0.717) is 11.6 Å². The van der Waals surface area contributed by atoms with E-state index in [1.807, 2.05) is 0 Å². The molecule has 0 aliphatic carbocycles. The summed E-state index contributed by atoms with van der Waals surface area (Å²) in [5, 5.41) is 7.22. The molecule has 1 unspecified atom stereocenters. The third-order valence-corrected chi connectivity index (χ3v) is 3.61. The van der Waals surface area contributed by atoms with Gasteiger partial charge in [0.25, 0.3) is 0 Å². The highest BCUT2D eigenvalue weighted by Gasteiger charge is 2.19. The van der Waals surface area contributed by atoms with Crippen molar-refractivity contribution in [2.24, 2.45) is 0 Å². The smallest absolute Gasteiger partial charge is 0.226 e. The van der Waals surface area contributed by atoms with Crippen molar-refractivity contribution < 1.29 is 23.2 Å². The molecule has 2 rings (SSSR count). The van der Waals surface area contributed by atoms with E-state index in [0.717, 1.165) is 6.07 Å². The molecule has 0 radical (unpaired) electrons. The summed E-state index contributed by atoms with van der Waals surface area (Å²) >= 11 is 0. The minimum atomic E-state index is -0.981. The summed E-state index contributed by atoms with van der Waals surface area (Å²) in [6.07, 6.45) is -0.157. The van der Waals surface area contributed by atoms with Gasteiger partial charge in [-0.2, -0.15) is 0 Å². The molecule has 6 nitrogen and oxygen atoms in total. The first kappa shape index (κ1) is 20.0. The Kier molecular flexibility index (Phi) is 6.59. The van der Waals surface area contributed by atoms with Crippen molar-refractivity contribution in [1.29, 1.82) is 0 Å². The summed E-state index contributed by atoms with van der Waals surface area (Å²) < 4.78 is 27.6. The van der Waals surface area contributed by atoms with Crippen molar-refractivity contribution in [3.05, 3.63) is 59.7 Å². The van der Waals surface area contributed by atoms with E-state index in [2.05, 4.69) is 16.0 Å². The lowest BCUT2D eigenvalue weighted by atomic mass is 10.0. The van der Waals surface area contributed by atoms with Crippen LogP contribution in [0.15, 0.2) is 42.5 Å². The molecule has 3 amide bonds. The Labute approximate surface area is 155 Å². The number of hydrogen-bond donors (Lipinski definition) is 3. The maximum absolute atomic E-state index is 14.0. The number of carbonyl (C=O) groups excluding carboxylic acids is 3. The van der Waals surface area contributed by atoms with E-state index in [-0.39, 0.29) is 23.7 Å². The van der Waals surface area contributed by atoms with Gasteiger partial charge in [0.1, 0.15) is 11.6 Å². The van der Waals surface area contributed by atoms with Gasteiger partial charge in [0, 0.05) is 19.9 Å². The predicted octanol–water partition coefficient (Wildman–Crippen LogP) is 3.13. The van der Waals surface area contributed by atoms with Crippen molar-refractivity contribution in [3.8, 4) is 0 Å². The van der Waals surface area contributed by atoms with Gasteiger partial charge in [-0.25, -0.2) is 8.78 Å². The van der Waals surface area contributed by atoms with Crippen LogP contribution in [-0.4, -0.2) is 17.7 Å². The number of hydrogen-bond acceptors (Lipinski definition) is 3. The number of amides is 3. The van der Waals surface area contributed by atoms with Gasteiger partial charge < -0.3 is 16.0 Å². The molecule has 2 aromatic carbocycles. The zero-order chi connectivity index (χ0) is 20.0. The highest BCUT2D eigenvalue weighted by atomic mass is 19.1. The molecule has 2 aromatic rings. The van der Waals surface area contributed by atoms with Crippen molar-refractivity contribution in [2.75, 3.05) is 10.6 Å². The van der Waals surface area contributed by atoms with Crippen molar-refractivity contribution in [3.63, 3.8) is 0 Å². The molecule has 0 spiro atoms. The molecule has 0 saturated heterocycles. The van der Waals surface area contributed by atoms with Crippen LogP contribution in [0.1, 0.15) is 31.9 Å². The van der Waals surface area contributed by atoms with Crippen LogP contribution in [0.2, 0.25) is 0 Å². The first-order valence-electron chi connectivity index (χ1n) is 8.14. The Hall–Kier alpha value is -3.29. The topological polar surface area (TPSA) is 87.3 Å². The van der Waals surface area contributed by atoms with Crippen molar-refractivity contribution >= 4 is 29.1 Å². The highest BCUT2D eigenvalue weighted by molar-refractivity contribution is 5.94. The van der Waals surface area contributed by atoms with Gasteiger partial charge in [0.15, 0.2) is 0 Å². The number of halogens is 2. The van der Waals surface area contributed by atoms with Crippen molar-refractivity contribution in [1.82, 2.24) is 5.32 Å². The van der Waals surface area contributed by atoms with Gasteiger partial charge in [-0.05, 0) is 11.6 Å². The number of nitrogens with one attached hydrogen (secondary N) is 3. The fraction of sp³-hybridized carbons (Fsp3) is 0.211. The molecule has 0 fully saturated rings. The first-order chi connectivity index (χ1) is 12.8. The van der Waals surface area contributed by atoms with Crippen LogP contribution in [0.5, 0.6) is 0 Å². The number of rotatable bonds is 6. The van der Waals surface area contributed by atoms with Crippen LogP contribution >= 0.6 is 0 Å². The summed E-state index contributed by atoms with van der Waals surface area (Å²) in [4.78, 5) is 34.8. The Balaban J connectivity index is 2.17. The quantitative estimate of drug-likeness (QED) is 0.725. The van der Waals surface area contributed by atoms with E-state index in [4.69, 9.17) is 0 Å². The fourth-order valence-electron chi connectivity index (χ4n) is 2.50. The normalized spacial score (nSPS) is 11.4. The zero-order valence-electron chi connectivity index (χ0n) is 14.8. The molecule has 0 saturated carbocycles. The van der Waals surface area contributed by atoms with E-state index in [1.165, 1.54) is 13.8 Å². The van der Waals surface area contributed by atoms with Gasteiger partial charge in [-0.3, -0.25) is 14.4 Å². The molecule has 0 aliphatic heterocycles. The van der Waals surface area contributed by atoms with Gasteiger partial charge in [-0.15, -0.1) is 0 Å². The van der Waals surface area contributed by atoms with E-state index in [9.17, 15) is 23.2 Å². The van der Waals surface area contributed by atoms with Crippen LogP contribution in [0.4, 0.5) is 20.2 Å². The van der Waals surface area contributed by atoms with Gasteiger partial charge in [0.05, 0.1) is 23.8 Å². The molecule has 0 bridgehead atoms. The number of benzene rings is 2. The third-order valence-electron chi connectivity index (χ3n) is 3.61. The molecular weight excluding hydrogens is 356 g/mol. The monoisotopic (exact) mass is 375 g/mol. The second kappa shape index (κ2) is 8.88. The summed E-state index contributed by atoms with van der Waals surface area (Å²) in [5.74, 6) is -3.38. The fourth-order valence-corrected chi connectivity index (χ4v) is 2.50. The summed E-state index contributed by atoms with van der Waals surface area (Å²) in [7, 11) is 0. The molecule has 8 heteroatoms. The summed E-state index contributed by atoms with van der Waals surface area (Å²) in [5.41, 5.74) is 0.182. The van der Waals surface area contributed by atoms with E-state index >= 15 is 0 Å². The van der Waals surface area contributed by atoms with Gasteiger partial charge in [0.2, 0.25) is 17.7 Å². The zero-order valence-corrected chi connectivity index (χ0v) is 14.8. The minimum absolute atomic E-state index is 0.157. The molecule has 0 heterocycles. The van der Waals surface area contributed by atoms with Crippen LogP contribution in [0, 0.1) is 11.6 Å². The van der Waals surface area contributed by atoms with Crippen LogP contribution in [0.25, 0.3) is 0 Å². The Morgan fingerprint density at radius 1 is 0.889 bits per heavy atom. The first-order valence-corrected chi connectivity index (χ1v) is 8.14. The lowest BCUT2D eigenvalue weighted by molar-refractivity contribution is -0.120. The molecule has 0 aromatic heterocycles. The maximum atomic E-state index is 14.0. The van der Waals surface area contributed by atoms with E-state index in [1.54, 1.807) is 30.3 Å². The molecule has 142 valence electrons. The molecule has 1 atom stereocenters. The number of anilines is 2. The Bertz CT molecular complexity index is 857. The molecule has 3 N–H and O–H groups in total. The van der Waals surface area contributed by atoms with E-state index < -0.39 is 29.5 Å². The molecule has 0 aliphatic rings. The average Bonchev–Trinajstić information content (AvgIpc) is 2.58. The van der Waals surface area contributed by atoms with Crippen LogP contribution in [-0.2, 0) is 14.4 Å². The van der Waals surface area contributed by atoms with Crippen LogP contribution in [0.3, 0.4) is 0 Å². The lowest BCUT2D eigenvalue weighted by Crippen LogP contribution is -2.29. The second-order valence-corrected chi connectivity index (χ2v) is 5.91. The summed E-state index contributed by atoms with van der Waals surface area (Å²) in [6.45, 7) is 2.51. The summed E-state index contributed by atoms with van der Waals surface area (Å²) in [6, 6.07) is 9.79. The second-order valence-electron chi connectivity index (χ2n) is 5.91. The minimum Gasteiger partial charge on any atom is -0.349 e. The largest absolute Gasteiger partial charge is 0.349 e.